The molecule has 0 aliphatic heterocycles. The second-order valence-corrected chi connectivity index (χ2v) is 3.46. The van der Waals surface area contributed by atoms with Gasteiger partial charge in [0.2, 0.25) is 5.95 Å². The number of rotatable bonds is 6. The fourth-order valence-electron chi connectivity index (χ4n) is 1.31. The lowest BCUT2D eigenvalue weighted by Gasteiger charge is -2.06. The van der Waals surface area contributed by atoms with Crippen LogP contribution in [0.3, 0.4) is 0 Å². The molecule has 4 N–H and O–H groups in total. The van der Waals surface area contributed by atoms with E-state index in [2.05, 4.69) is 15.3 Å². The van der Waals surface area contributed by atoms with E-state index in [1.165, 1.54) is 0 Å². The quantitative estimate of drug-likeness (QED) is 0.609. The number of nitrogens with two attached hydrogens (primary N) is 1. The Morgan fingerprint density at radius 2 is 2.13 bits per heavy atom. The number of hydrogen-bond donors (Lipinski definition) is 3. The molecular weight excluding hydrogens is 192 g/mol. The summed E-state index contributed by atoms with van der Waals surface area (Å²) < 4.78 is 0. The second kappa shape index (κ2) is 6.19. The van der Waals surface area contributed by atoms with Crippen molar-refractivity contribution in [1.82, 2.24) is 9.97 Å². The van der Waals surface area contributed by atoms with Crippen LogP contribution in [0.5, 0.6) is 0 Å². The van der Waals surface area contributed by atoms with Gasteiger partial charge in [0, 0.05) is 24.9 Å². The predicted octanol–water partition coefficient (Wildman–Crippen LogP) is 0.942. The van der Waals surface area contributed by atoms with Crippen LogP contribution in [0.4, 0.5) is 11.8 Å². The number of anilines is 2. The molecule has 0 aliphatic rings. The molecule has 1 aromatic rings. The zero-order valence-electron chi connectivity index (χ0n) is 9.03. The maximum absolute atomic E-state index is 8.60. The van der Waals surface area contributed by atoms with Gasteiger partial charge < -0.3 is 16.2 Å². The molecule has 0 bridgehead atoms. The van der Waals surface area contributed by atoms with Gasteiger partial charge in [-0.05, 0) is 26.2 Å². The number of nitrogens with one attached hydrogen (secondary N) is 1. The molecule has 0 amide bonds. The second-order valence-electron chi connectivity index (χ2n) is 3.46. The highest BCUT2D eigenvalue weighted by Crippen LogP contribution is 2.07. The average molecular weight is 210 g/mol. The zero-order chi connectivity index (χ0) is 11.1. The molecule has 0 radical (unpaired) electrons. The molecule has 0 atom stereocenters. The highest BCUT2D eigenvalue weighted by molar-refractivity contribution is 5.39. The third-order valence-corrected chi connectivity index (χ3v) is 2.01. The molecule has 1 heterocycles. The van der Waals surface area contributed by atoms with Crippen molar-refractivity contribution in [2.75, 3.05) is 24.2 Å². The fourth-order valence-corrected chi connectivity index (χ4v) is 1.31. The molecule has 0 saturated carbocycles. The number of aliphatic hydroxyl groups is 1. The van der Waals surface area contributed by atoms with Crippen LogP contribution in [-0.4, -0.2) is 28.2 Å². The van der Waals surface area contributed by atoms with Gasteiger partial charge in [0.15, 0.2) is 0 Å². The predicted molar refractivity (Wildman–Crippen MR) is 60.6 cm³/mol. The van der Waals surface area contributed by atoms with Gasteiger partial charge in [0.25, 0.3) is 0 Å². The molecule has 0 aliphatic carbocycles. The Morgan fingerprint density at radius 3 is 2.80 bits per heavy atom. The summed E-state index contributed by atoms with van der Waals surface area (Å²) in [6.07, 6.45) is 2.89. The van der Waals surface area contributed by atoms with Crippen molar-refractivity contribution >= 4 is 11.8 Å². The maximum atomic E-state index is 8.60. The lowest BCUT2D eigenvalue weighted by Crippen LogP contribution is -2.06. The van der Waals surface area contributed by atoms with Gasteiger partial charge >= 0.3 is 0 Å². The number of nitrogen functional groups attached to an aromatic ring is 1. The van der Waals surface area contributed by atoms with Crippen molar-refractivity contribution in [1.29, 1.82) is 0 Å². The smallest absolute Gasteiger partial charge is 0.222 e. The summed E-state index contributed by atoms with van der Waals surface area (Å²) in [5.41, 5.74) is 6.38. The van der Waals surface area contributed by atoms with E-state index < -0.39 is 0 Å². The SMILES string of the molecule is Cc1cc(NCCCCCO)nc(N)n1. The normalized spacial score (nSPS) is 10.3. The van der Waals surface area contributed by atoms with Crippen LogP contribution in [-0.2, 0) is 0 Å². The fraction of sp³-hybridized carbons (Fsp3) is 0.600. The van der Waals surface area contributed by atoms with E-state index in [9.17, 15) is 0 Å². The minimum absolute atomic E-state index is 0.263. The molecule has 0 spiro atoms. The van der Waals surface area contributed by atoms with Crippen molar-refractivity contribution in [3.8, 4) is 0 Å². The summed E-state index contributed by atoms with van der Waals surface area (Å²) in [4.78, 5) is 8.04. The molecule has 0 aromatic carbocycles. The molecular formula is C10H18N4O. The molecule has 1 aromatic heterocycles. The van der Waals surface area contributed by atoms with E-state index in [-0.39, 0.29) is 6.61 Å². The first-order valence-corrected chi connectivity index (χ1v) is 5.18. The summed E-state index contributed by atoms with van der Waals surface area (Å²) in [5.74, 6) is 1.07. The highest BCUT2D eigenvalue weighted by atomic mass is 16.2. The van der Waals surface area contributed by atoms with Crippen LogP contribution in [0.25, 0.3) is 0 Å². The van der Waals surface area contributed by atoms with Gasteiger partial charge in [0.05, 0.1) is 0 Å². The number of nitrogens with zero attached hydrogens (tertiary/aromatic N) is 2. The third kappa shape index (κ3) is 4.60. The summed E-state index contributed by atoms with van der Waals surface area (Å²) >= 11 is 0. The lowest BCUT2D eigenvalue weighted by atomic mass is 10.2. The minimum Gasteiger partial charge on any atom is -0.396 e. The van der Waals surface area contributed by atoms with Crippen LogP contribution in [0.15, 0.2) is 6.07 Å². The van der Waals surface area contributed by atoms with Crippen molar-refractivity contribution in [3.63, 3.8) is 0 Å². The third-order valence-electron chi connectivity index (χ3n) is 2.01. The van der Waals surface area contributed by atoms with E-state index in [1.807, 2.05) is 13.0 Å². The van der Waals surface area contributed by atoms with Crippen LogP contribution in [0.2, 0.25) is 0 Å². The summed E-state index contributed by atoms with van der Waals surface area (Å²) in [6, 6.07) is 1.86. The van der Waals surface area contributed by atoms with Gasteiger partial charge in [-0.25, -0.2) is 4.98 Å². The Balaban J connectivity index is 2.31. The minimum atomic E-state index is 0.263. The number of aliphatic hydroxyl groups excluding tert-OH is 1. The molecule has 0 fully saturated rings. The van der Waals surface area contributed by atoms with Gasteiger partial charge in [-0.15, -0.1) is 0 Å². The first kappa shape index (κ1) is 11.7. The molecule has 5 heteroatoms. The van der Waals surface area contributed by atoms with E-state index in [0.717, 1.165) is 37.3 Å². The molecule has 0 unspecified atom stereocenters. The number of hydrogen-bond acceptors (Lipinski definition) is 5. The largest absolute Gasteiger partial charge is 0.396 e. The van der Waals surface area contributed by atoms with Gasteiger partial charge in [-0.1, -0.05) is 0 Å². The number of unbranched alkanes of at least 4 members (excludes halogenated alkanes) is 2. The van der Waals surface area contributed by atoms with Crippen molar-refractivity contribution in [3.05, 3.63) is 11.8 Å². The van der Waals surface area contributed by atoms with Crippen LogP contribution < -0.4 is 11.1 Å². The zero-order valence-corrected chi connectivity index (χ0v) is 9.03. The van der Waals surface area contributed by atoms with E-state index >= 15 is 0 Å². The summed E-state index contributed by atoms with van der Waals surface area (Å²) in [7, 11) is 0. The number of aryl methyl sites for hydroxylation is 1. The molecule has 0 saturated heterocycles. The molecule has 15 heavy (non-hydrogen) atoms. The first-order valence-electron chi connectivity index (χ1n) is 5.18. The Morgan fingerprint density at radius 1 is 1.33 bits per heavy atom. The highest BCUT2D eigenvalue weighted by Gasteiger charge is 1.97. The van der Waals surface area contributed by atoms with Gasteiger partial charge in [-0.2, -0.15) is 4.98 Å². The van der Waals surface area contributed by atoms with Gasteiger partial charge in [-0.3, -0.25) is 0 Å². The molecule has 1 rings (SSSR count). The Kier molecular flexibility index (Phi) is 4.83. The lowest BCUT2D eigenvalue weighted by molar-refractivity contribution is 0.283. The van der Waals surface area contributed by atoms with Crippen LogP contribution in [0, 0.1) is 6.92 Å². The van der Waals surface area contributed by atoms with Gasteiger partial charge in [0.1, 0.15) is 5.82 Å². The van der Waals surface area contributed by atoms with Crippen LogP contribution in [0.1, 0.15) is 25.0 Å². The topological polar surface area (TPSA) is 84.1 Å². The van der Waals surface area contributed by atoms with E-state index in [4.69, 9.17) is 10.8 Å². The summed E-state index contributed by atoms with van der Waals surface area (Å²) in [5, 5.41) is 11.8. The number of aromatic nitrogens is 2. The van der Waals surface area contributed by atoms with E-state index in [0.29, 0.717) is 5.95 Å². The van der Waals surface area contributed by atoms with E-state index in [1.54, 1.807) is 0 Å². The summed E-state index contributed by atoms with van der Waals surface area (Å²) in [6.45, 7) is 2.99. The van der Waals surface area contributed by atoms with Crippen molar-refractivity contribution in [2.24, 2.45) is 0 Å². The molecule has 5 nitrogen and oxygen atoms in total. The first-order chi connectivity index (χ1) is 7.22. The monoisotopic (exact) mass is 210 g/mol. The maximum Gasteiger partial charge on any atom is 0.222 e. The standard InChI is InChI=1S/C10H18N4O/c1-8-7-9(14-10(11)13-8)12-5-3-2-4-6-15/h7,15H,2-6H2,1H3,(H3,11,12,13,14). The average Bonchev–Trinajstić information content (AvgIpc) is 2.16. The Hall–Kier alpha value is -1.36. The van der Waals surface area contributed by atoms with Crippen LogP contribution >= 0.6 is 0 Å². The Labute approximate surface area is 89.7 Å². The molecule has 84 valence electrons. The van der Waals surface area contributed by atoms with Crippen molar-refractivity contribution < 1.29 is 5.11 Å². The Bertz CT molecular complexity index is 283. The van der Waals surface area contributed by atoms with Crippen molar-refractivity contribution in [2.45, 2.75) is 26.2 Å².